The van der Waals surface area contributed by atoms with Gasteiger partial charge in [-0.15, -0.1) is 0 Å². The van der Waals surface area contributed by atoms with Crippen molar-refractivity contribution in [1.29, 1.82) is 0 Å². The SMILES string of the molecule is C[C@@H](NC(=O)c1cc(Cl)ccc1NC(=O)c1ccco1)c1ccccc1. The molecule has 0 saturated carbocycles. The number of hydrogen-bond acceptors (Lipinski definition) is 3. The van der Waals surface area contributed by atoms with E-state index in [9.17, 15) is 9.59 Å². The Morgan fingerprint density at radius 3 is 2.46 bits per heavy atom. The number of nitrogens with one attached hydrogen (secondary N) is 2. The summed E-state index contributed by atoms with van der Waals surface area (Å²) >= 11 is 6.04. The van der Waals surface area contributed by atoms with Gasteiger partial charge in [0.05, 0.1) is 23.6 Å². The van der Waals surface area contributed by atoms with Gasteiger partial charge >= 0.3 is 0 Å². The molecule has 0 saturated heterocycles. The molecule has 0 aliphatic carbocycles. The van der Waals surface area contributed by atoms with E-state index < -0.39 is 5.91 Å². The van der Waals surface area contributed by atoms with Gasteiger partial charge in [-0.3, -0.25) is 9.59 Å². The van der Waals surface area contributed by atoms with Crippen LogP contribution in [-0.2, 0) is 0 Å². The van der Waals surface area contributed by atoms with Crippen LogP contribution in [0.4, 0.5) is 5.69 Å². The van der Waals surface area contributed by atoms with Crippen LogP contribution < -0.4 is 10.6 Å². The molecule has 6 heteroatoms. The molecule has 132 valence electrons. The molecule has 2 N–H and O–H groups in total. The molecular formula is C20H17ClN2O3. The van der Waals surface area contributed by atoms with Crippen LogP contribution in [0.2, 0.25) is 5.02 Å². The Balaban J connectivity index is 1.81. The van der Waals surface area contributed by atoms with E-state index in [1.54, 1.807) is 24.3 Å². The van der Waals surface area contributed by atoms with Crippen LogP contribution in [0.15, 0.2) is 71.3 Å². The van der Waals surface area contributed by atoms with Crippen LogP contribution in [0, 0.1) is 0 Å². The Labute approximate surface area is 156 Å². The second-order valence-electron chi connectivity index (χ2n) is 5.73. The highest BCUT2D eigenvalue weighted by molar-refractivity contribution is 6.31. The van der Waals surface area contributed by atoms with Crippen LogP contribution in [0.25, 0.3) is 0 Å². The summed E-state index contributed by atoms with van der Waals surface area (Å²) < 4.78 is 5.08. The Hall–Kier alpha value is -3.05. The van der Waals surface area contributed by atoms with E-state index in [1.807, 2.05) is 37.3 Å². The van der Waals surface area contributed by atoms with Crippen molar-refractivity contribution in [3.8, 4) is 0 Å². The Morgan fingerprint density at radius 1 is 1.00 bits per heavy atom. The lowest BCUT2D eigenvalue weighted by molar-refractivity contribution is 0.0940. The number of carbonyl (C=O) groups excluding carboxylic acids is 2. The zero-order chi connectivity index (χ0) is 18.5. The molecular weight excluding hydrogens is 352 g/mol. The van der Waals surface area contributed by atoms with Gasteiger partial charge < -0.3 is 15.1 Å². The van der Waals surface area contributed by atoms with Gasteiger partial charge in [0.25, 0.3) is 11.8 Å². The number of rotatable bonds is 5. The minimum atomic E-state index is -0.442. The van der Waals surface area contributed by atoms with Gasteiger partial charge in [0.15, 0.2) is 5.76 Å². The van der Waals surface area contributed by atoms with Gasteiger partial charge in [0.2, 0.25) is 0 Å². The summed E-state index contributed by atoms with van der Waals surface area (Å²) in [7, 11) is 0. The molecule has 0 aliphatic heterocycles. The van der Waals surface area contributed by atoms with Crippen molar-refractivity contribution >= 4 is 29.1 Å². The maximum atomic E-state index is 12.7. The molecule has 0 aliphatic rings. The molecule has 0 bridgehead atoms. The molecule has 3 rings (SSSR count). The monoisotopic (exact) mass is 368 g/mol. The van der Waals surface area contributed by atoms with Gasteiger partial charge in [-0.1, -0.05) is 41.9 Å². The predicted octanol–water partition coefficient (Wildman–Crippen LogP) is 4.68. The van der Waals surface area contributed by atoms with Gasteiger partial charge in [-0.05, 0) is 42.8 Å². The normalized spacial score (nSPS) is 11.6. The fourth-order valence-electron chi connectivity index (χ4n) is 2.50. The van der Waals surface area contributed by atoms with Crippen LogP contribution in [-0.4, -0.2) is 11.8 Å². The van der Waals surface area contributed by atoms with E-state index in [0.717, 1.165) is 5.56 Å². The molecule has 1 aromatic heterocycles. The highest BCUT2D eigenvalue weighted by Crippen LogP contribution is 2.23. The third-order valence-electron chi connectivity index (χ3n) is 3.87. The van der Waals surface area contributed by atoms with Crippen LogP contribution in [0.5, 0.6) is 0 Å². The highest BCUT2D eigenvalue weighted by Gasteiger charge is 2.18. The fraction of sp³-hybridized carbons (Fsp3) is 0.100. The first-order chi connectivity index (χ1) is 12.5. The minimum Gasteiger partial charge on any atom is -0.459 e. The van der Waals surface area contributed by atoms with E-state index >= 15 is 0 Å². The molecule has 2 aromatic carbocycles. The molecule has 0 unspecified atom stereocenters. The van der Waals surface area contributed by atoms with Crippen LogP contribution in [0.1, 0.15) is 39.4 Å². The van der Waals surface area contributed by atoms with Crippen molar-refractivity contribution in [3.05, 3.63) is 88.8 Å². The zero-order valence-corrected chi connectivity index (χ0v) is 14.8. The first-order valence-corrected chi connectivity index (χ1v) is 8.42. The standard InChI is InChI=1S/C20H17ClN2O3/c1-13(14-6-3-2-4-7-14)22-19(24)16-12-15(21)9-10-17(16)23-20(25)18-8-5-11-26-18/h2-13H,1H3,(H,22,24)(H,23,25)/t13-/m1/s1. The smallest absolute Gasteiger partial charge is 0.291 e. The number of carbonyl (C=O) groups is 2. The van der Waals surface area contributed by atoms with Gasteiger partial charge in [0, 0.05) is 5.02 Å². The first kappa shape index (κ1) is 17.8. The molecule has 1 heterocycles. The third-order valence-corrected chi connectivity index (χ3v) is 4.10. The fourth-order valence-corrected chi connectivity index (χ4v) is 2.68. The third kappa shape index (κ3) is 4.13. The zero-order valence-electron chi connectivity index (χ0n) is 14.0. The quantitative estimate of drug-likeness (QED) is 0.687. The first-order valence-electron chi connectivity index (χ1n) is 8.05. The molecule has 1 atom stereocenters. The van der Waals surface area contributed by atoms with E-state index in [2.05, 4.69) is 10.6 Å². The number of amides is 2. The lowest BCUT2D eigenvalue weighted by Crippen LogP contribution is -2.28. The van der Waals surface area contributed by atoms with E-state index in [4.69, 9.17) is 16.0 Å². The van der Waals surface area contributed by atoms with Crippen molar-refractivity contribution in [2.75, 3.05) is 5.32 Å². The van der Waals surface area contributed by atoms with Gasteiger partial charge in [0.1, 0.15) is 0 Å². The Morgan fingerprint density at radius 2 is 1.77 bits per heavy atom. The second kappa shape index (κ2) is 7.89. The summed E-state index contributed by atoms with van der Waals surface area (Å²) in [6.07, 6.45) is 1.41. The molecule has 0 spiro atoms. The van der Waals surface area contributed by atoms with Crippen molar-refractivity contribution in [1.82, 2.24) is 5.32 Å². The summed E-state index contributed by atoms with van der Waals surface area (Å²) in [4.78, 5) is 24.9. The average Bonchev–Trinajstić information content (AvgIpc) is 3.18. The highest BCUT2D eigenvalue weighted by atomic mass is 35.5. The lowest BCUT2D eigenvalue weighted by Gasteiger charge is -2.16. The van der Waals surface area contributed by atoms with Crippen LogP contribution in [0.3, 0.4) is 0 Å². The maximum Gasteiger partial charge on any atom is 0.291 e. The summed E-state index contributed by atoms with van der Waals surface area (Å²) in [5.41, 5.74) is 1.61. The summed E-state index contributed by atoms with van der Waals surface area (Å²) in [6, 6.07) is 17.3. The van der Waals surface area contributed by atoms with Crippen molar-refractivity contribution in [2.45, 2.75) is 13.0 Å². The topological polar surface area (TPSA) is 71.3 Å². The number of benzene rings is 2. The maximum absolute atomic E-state index is 12.7. The summed E-state index contributed by atoms with van der Waals surface area (Å²) in [6.45, 7) is 1.89. The second-order valence-corrected chi connectivity index (χ2v) is 6.16. The van der Waals surface area contributed by atoms with Gasteiger partial charge in [-0.2, -0.15) is 0 Å². The number of halogens is 1. The van der Waals surface area contributed by atoms with Crippen molar-refractivity contribution in [2.24, 2.45) is 0 Å². The Kier molecular flexibility index (Phi) is 5.39. The summed E-state index contributed by atoms with van der Waals surface area (Å²) in [5, 5.41) is 6.00. The van der Waals surface area contributed by atoms with Crippen molar-refractivity contribution in [3.63, 3.8) is 0 Å². The Bertz CT molecular complexity index is 908. The molecule has 26 heavy (non-hydrogen) atoms. The minimum absolute atomic E-state index is 0.156. The van der Waals surface area contributed by atoms with E-state index in [-0.39, 0.29) is 23.3 Å². The van der Waals surface area contributed by atoms with Crippen molar-refractivity contribution < 1.29 is 14.0 Å². The molecule has 0 fully saturated rings. The molecule has 5 nitrogen and oxygen atoms in total. The lowest BCUT2D eigenvalue weighted by atomic mass is 10.1. The molecule has 2 amide bonds. The molecule has 0 radical (unpaired) electrons. The largest absolute Gasteiger partial charge is 0.459 e. The number of anilines is 1. The number of furan rings is 1. The molecule has 3 aromatic rings. The van der Waals surface area contributed by atoms with E-state index in [0.29, 0.717) is 10.7 Å². The number of hydrogen-bond donors (Lipinski definition) is 2. The van der Waals surface area contributed by atoms with Crippen LogP contribution >= 0.6 is 11.6 Å². The predicted molar refractivity (Wildman–Crippen MR) is 100 cm³/mol. The van der Waals surface area contributed by atoms with E-state index in [1.165, 1.54) is 12.3 Å². The van der Waals surface area contributed by atoms with Gasteiger partial charge in [-0.25, -0.2) is 0 Å². The summed E-state index contributed by atoms with van der Waals surface area (Å²) in [5.74, 6) is -0.620. The average molecular weight is 369 g/mol.